The Morgan fingerprint density at radius 2 is 1.62 bits per heavy atom. The largest absolute Gasteiger partial charge is 0.276 e. The van der Waals surface area contributed by atoms with Crippen LogP contribution in [0.2, 0.25) is 0 Å². The highest BCUT2D eigenvalue weighted by Crippen LogP contribution is 2.11. The van der Waals surface area contributed by atoms with Gasteiger partial charge in [0.15, 0.2) is 0 Å². The highest BCUT2D eigenvalue weighted by molar-refractivity contribution is 7.89. The third-order valence-electron chi connectivity index (χ3n) is 2.70. The molecular formula is C14H12F2N2O2S. The molecule has 0 unspecified atom stereocenters. The summed E-state index contributed by atoms with van der Waals surface area (Å²) >= 11 is 0. The van der Waals surface area contributed by atoms with Gasteiger partial charge in [-0.2, -0.15) is 13.5 Å². The Bertz CT molecular complexity index is 752. The van der Waals surface area contributed by atoms with Crippen LogP contribution in [0.4, 0.5) is 8.78 Å². The zero-order valence-corrected chi connectivity index (χ0v) is 11.9. The molecule has 0 heterocycles. The average Bonchev–Trinajstić information content (AvgIpc) is 2.42. The summed E-state index contributed by atoms with van der Waals surface area (Å²) in [7, 11) is -3.87. The molecule has 0 spiro atoms. The highest BCUT2D eigenvalue weighted by Gasteiger charge is 2.12. The zero-order valence-electron chi connectivity index (χ0n) is 11.0. The molecule has 21 heavy (non-hydrogen) atoms. The lowest BCUT2D eigenvalue weighted by atomic mass is 10.2. The third kappa shape index (κ3) is 3.63. The Labute approximate surface area is 121 Å². The van der Waals surface area contributed by atoms with E-state index in [1.807, 2.05) is 11.8 Å². The van der Waals surface area contributed by atoms with Gasteiger partial charge in [-0.15, -0.1) is 0 Å². The molecule has 2 aromatic carbocycles. The summed E-state index contributed by atoms with van der Waals surface area (Å²) in [6, 6.07) is 9.41. The van der Waals surface area contributed by atoms with Crippen LogP contribution >= 0.6 is 0 Å². The van der Waals surface area contributed by atoms with Gasteiger partial charge in [0.05, 0.1) is 16.7 Å². The van der Waals surface area contributed by atoms with Gasteiger partial charge in [-0.25, -0.2) is 13.6 Å². The second-order valence-corrected chi connectivity index (χ2v) is 5.96. The van der Waals surface area contributed by atoms with Crippen LogP contribution in [0, 0.1) is 18.6 Å². The molecule has 1 N–H and O–H groups in total. The number of halogens is 2. The fourth-order valence-corrected chi connectivity index (χ4v) is 2.36. The fraction of sp³-hybridized carbons (Fsp3) is 0.0714. The van der Waals surface area contributed by atoms with Crippen LogP contribution in [-0.4, -0.2) is 14.6 Å². The number of rotatable bonds is 4. The normalized spacial score (nSPS) is 11.8. The lowest BCUT2D eigenvalue weighted by Gasteiger charge is -2.04. The van der Waals surface area contributed by atoms with E-state index in [4.69, 9.17) is 0 Å². The molecule has 0 saturated carbocycles. The van der Waals surface area contributed by atoms with E-state index in [2.05, 4.69) is 5.10 Å². The lowest BCUT2D eigenvalue weighted by Crippen LogP contribution is -2.18. The first kappa shape index (κ1) is 15.1. The van der Waals surface area contributed by atoms with Crippen LogP contribution in [0.25, 0.3) is 0 Å². The fourth-order valence-electron chi connectivity index (χ4n) is 1.56. The van der Waals surface area contributed by atoms with E-state index < -0.39 is 27.2 Å². The van der Waals surface area contributed by atoms with Gasteiger partial charge in [-0.1, -0.05) is 23.8 Å². The molecule has 2 rings (SSSR count). The van der Waals surface area contributed by atoms with E-state index in [-0.39, 0.29) is 4.90 Å². The van der Waals surface area contributed by atoms with Crippen molar-refractivity contribution in [2.24, 2.45) is 5.10 Å². The minimum atomic E-state index is -3.87. The van der Waals surface area contributed by atoms with E-state index >= 15 is 0 Å². The maximum Gasteiger partial charge on any atom is 0.276 e. The van der Waals surface area contributed by atoms with Gasteiger partial charge < -0.3 is 0 Å². The van der Waals surface area contributed by atoms with E-state index in [1.54, 1.807) is 12.1 Å². The van der Waals surface area contributed by atoms with Crippen molar-refractivity contribution in [2.45, 2.75) is 11.8 Å². The number of benzene rings is 2. The summed E-state index contributed by atoms with van der Waals surface area (Å²) in [5, 5.41) is 3.39. The van der Waals surface area contributed by atoms with Crippen molar-refractivity contribution in [3.63, 3.8) is 0 Å². The van der Waals surface area contributed by atoms with Crippen molar-refractivity contribution in [1.29, 1.82) is 0 Å². The molecule has 7 heteroatoms. The Morgan fingerprint density at radius 3 is 2.19 bits per heavy atom. The molecular weight excluding hydrogens is 298 g/mol. The van der Waals surface area contributed by atoms with Gasteiger partial charge in [-0.05, 0) is 31.2 Å². The van der Waals surface area contributed by atoms with Gasteiger partial charge in [-0.3, -0.25) is 0 Å². The zero-order chi connectivity index (χ0) is 15.5. The quantitative estimate of drug-likeness (QED) is 0.697. The molecule has 4 nitrogen and oxygen atoms in total. The highest BCUT2D eigenvalue weighted by atomic mass is 32.2. The molecule has 0 saturated heterocycles. The molecule has 0 amide bonds. The first-order valence-electron chi connectivity index (χ1n) is 5.96. The number of aryl methyl sites for hydroxylation is 1. The third-order valence-corrected chi connectivity index (χ3v) is 3.94. The van der Waals surface area contributed by atoms with Crippen molar-refractivity contribution in [3.05, 3.63) is 65.2 Å². The van der Waals surface area contributed by atoms with E-state index in [0.29, 0.717) is 0 Å². The smallest absolute Gasteiger partial charge is 0.206 e. The van der Waals surface area contributed by atoms with Crippen molar-refractivity contribution in [1.82, 2.24) is 4.83 Å². The van der Waals surface area contributed by atoms with Gasteiger partial charge in [0.25, 0.3) is 10.0 Å². The Balaban J connectivity index is 2.19. The number of hydrogen-bond donors (Lipinski definition) is 1. The maximum absolute atomic E-state index is 13.3. The lowest BCUT2D eigenvalue weighted by molar-refractivity contribution is 0.577. The summed E-state index contributed by atoms with van der Waals surface area (Å²) in [4.78, 5) is 1.92. The second kappa shape index (κ2) is 6.01. The molecule has 0 fully saturated rings. The standard InChI is InChI=1S/C14H12F2N2O2S/c1-10-5-7-11(8-6-10)21(19,20)18-17-9-12-13(15)3-2-4-14(12)16/h2-9,18H,1H3/b17-9-. The molecule has 2 aromatic rings. The predicted molar refractivity (Wildman–Crippen MR) is 75.5 cm³/mol. The van der Waals surface area contributed by atoms with Crippen LogP contribution in [-0.2, 0) is 10.0 Å². The number of nitrogens with zero attached hydrogens (tertiary/aromatic N) is 1. The first-order valence-corrected chi connectivity index (χ1v) is 7.44. The van der Waals surface area contributed by atoms with Gasteiger partial charge >= 0.3 is 0 Å². The van der Waals surface area contributed by atoms with Crippen molar-refractivity contribution < 1.29 is 17.2 Å². The first-order chi connectivity index (χ1) is 9.90. The van der Waals surface area contributed by atoms with E-state index in [1.165, 1.54) is 18.2 Å². The predicted octanol–water partition coefficient (Wildman–Crippen LogP) is 2.59. The van der Waals surface area contributed by atoms with Crippen molar-refractivity contribution in [3.8, 4) is 0 Å². The number of hydrazone groups is 1. The number of nitrogens with one attached hydrogen (secondary N) is 1. The van der Waals surface area contributed by atoms with Crippen LogP contribution in [0.3, 0.4) is 0 Å². The van der Waals surface area contributed by atoms with Crippen LogP contribution in [0.15, 0.2) is 52.5 Å². The molecule has 110 valence electrons. The monoisotopic (exact) mass is 310 g/mol. The number of sulfonamides is 1. The molecule has 0 aliphatic rings. The van der Waals surface area contributed by atoms with Crippen LogP contribution in [0.5, 0.6) is 0 Å². The SMILES string of the molecule is Cc1ccc(S(=O)(=O)N/N=C\c2c(F)cccc2F)cc1. The maximum atomic E-state index is 13.3. The summed E-state index contributed by atoms with van der Waals surface area (Å²) in [5.41, 5.74) is 0.495. The van der Waals surface area contributed by atoms with Crippen molar-refractivity contribution >= 4 is 16.2 Å². The minimum absolute atomic E-state index is 0.0132. The molecule has 0 aliphatic carbocycles. The molecule has 0 bridgehead atoms. The summed E-state index contributed by atoms with van der Waals surface area (Å²) in [6.07, 6.45) is 0.788. The summed E-state index contributed by atoms with van der Waals surface area (Å²) < 4.78 is 50.4. The summed E-state index contributed by atoms with van der Waals surface area (Å²) in [6.45, 7) is 1.82. The average molecular weight is 310 g/mol. The van der Waals surface area contributed by atoms with Crippen molar-refractivity contribution in [2.75, 3.05) is 0 Å². The van der Waals surface area contributed by atoms with E-state index in [0.717, 1.165) is 23.9 Å². The topological polar surface area (TPSA) is 58.5 Å². The Kier molecular flexibility index (Phi) is 4.32. The van der Waals surface area contributed by atoms with Crippen LogP contribution < -0.4 is 4.83 Å². The van der Waals surface area contributed by atoms with Crippen LogP contribution in [0.1, 0.15) is 11.1 Å². The van der Waals surface area contributed by atoms with E-state index in [9.17, 15) is 17.2 Å². The molecule has 0 atom stereocenters. The minimum Gasteiger partial charge on any atom is -0.206 e. The Morgan fingerprint density at radius 1 is 1.05 bits per heavy atom. The number of hydrogen-bond acceptors (Lipinski definition) is 3. The van der Waals surface area contributed by atoms with Gasteiger partial charge in [0.2, 0.25) is 0 Å². The molecule has 0 aromatic heterocycles. The molecule has 0 aliphatic heterocycles. The van der Waals surface area contributed by atoms with Gasteiger partial charge in [0.1, 0.15) is 11.6 Å². The van der Waals surface area contributed by atoms with Gasteiger partial charge in [0, 0.05) is 0 Å². The second-order valence-electron chi connectivity index (χ2n) is 4.30. The molecule has 0 radical (unpaired) electrons. The summed E-state index contributed by atoms with van der Waals surface area (Å²) in [5.74, 6) is -1.65. The Hall–Kier alpha value is -2.28.